The largest absolute Gasteiger partial charge is 0.463 e. The lowest BCUT2D eigenvalue weighted by atomic mass is 10.2. The lowest BCUT2D eigenvalue weighted by Gasteiger charge is -1.97. The van der Waals surface area contributed by atoms with Gasteiger partial charge in [0, 0.05) is 17.7 Å². The van der Waals surface area contributed by atoms with Crippen LogP contribution in [0.3, 0.4) is 0 Å². The van der Waals surface area contributed by atoms with Crippen LogP contribution >= 0.6 is 11.6 Å². The van der Waals surface area contributed by atoms with Crippen molar-refractivity contribution >= 4 is 17.6 Å². The highest BCUT2D eigenvalue weighted by Crippen LogP contribution is 2.25. The third kappa shape index (κ3) is 2.94. The van der Waals surface area contributed by atoms with E-state index in [-0.39, 0.29) is 12.4 Å². The first kappa shape index (κ1) is 13.6. The third-order valence-electron chi connectivity index (χ3n) is 2.42. The average Bonchev–Trinajstić information content (AvgIpc) is 2.82. The van der Waals surface area contributed by atoms with Gasteiger partial charge in [-0.1, -0.05) is 17.7 Å². The molecular weight excluding hydrogens is 270 g/mol. The van der Waals surface area contributed by atoms with Crippen molar-refractivity contribution in [3.8, 4) is 11.5 Å². The Morgan fingerprint density at radius 3 is 2.84 bits per heavy atom. The van der Waals surface area contributed by atoms with Crippen molar-refractivity contribution in [2.24, 2.45) is 0 Å². The summed E-state index contributed by atoms with van der Waals surface area (Å²) in [6, 6.07) is 7.00. The smallest absolute Gasteiger partial charge is 0.376 e. The molecule has 0 radical (unpaired) electrons. The molecule has 0 aliphatic carbocycles. The molecule has 0 aliphatic heterocycles. The van der Waals surface area contributed by atoms with Gasteiger partial charge in [-0.25, -0.2) is 9.78 Å². The second kappa shape index (κ2) is 5.86. The van der Waals surface area contributed by atoms with Gasteiger partial charge in [0.1, 0.15) is 5.69 Å². The summed E-state index contributed by atoms with van der Waals surface area (Å²) in [6.45, 7) is 0.161. The number of oxazole rings is 1. The molecule has 0 saturated carbocycles. The van der Waals surface area contributed by atoms with Gasteiger partial charge in [0.15, 0.2) is 0 Å². The topological polar surface area (TPSA) is 61.6 Å². The monoisotopic (exact) mass is 281 g/mol. The number of carbonyl (C=O) groups is 1. The van der Waals surface area contributed by atoms with Gasteiger partial charge in [0.2, 0.25) is 11.7 Å². The quantitative estimate of drug-likeness (QED) is 0.806. The Balaban J connectivity index is 2.45. The Morgan fingerprint density at radius 1 is 1.42 bits per heavy atom. The van der Waals surface area contributed by atoms with Crippen LogP contribution < -0.4 is 0 Å². The lowest BCUT2D eigenvalue weighted by Crippen LogP contribution is -2.04. The highest BCUT2D eigenvalue weighted by molar-refractivity contribution is 6.30. The van der Waals surface area contributed by atoms with E-state index < -0.39 is 5.97 Å². The van der Waals surface area contributed by atoms with Gasteiger partial charge in [0.05, 0.1) is 13.7 Å². The van der Waals surface area contributed by atoms with E-state index in [1.807, 2.05) is 0 Å². The predicted octanol–water partition coefficient (Wildman–Crippen LogP) is 2.93. The van der Waals surface area contributed by atoms with Crippen LogP contribution in [0.5, 0.6) is 0 Å². The van der Waals surface area contributed by atoms with Gasteiger partial charge in [-0.15, -0.1) is 0 Å². The number of benzene rings is 1. The maximum Gasteiger partial charge on any atom is 0.376 e. The lowest BCUT2D eigenvalue weighted by molar-refractivity contribution is 0.0559. The molecule has 0 fully saturated rings. The number of aromatic nitrogens is 1. The molecule has 2 aromatic rings. The van der Waals surface area contributed by atoms with Crippen molar-refractivity contribution < 1.29 is 18.7 Å². The van der Waals surface area contributed by atoms with Crippen LogP contribution in [0.2, 0.25) is 5.02 Å². The Morgan fingerprint density at radius 2 is 2.21 bits per heavy atom. The first-order valence-electron chi connectivity index (χ1n) is 5.48. The standard InChI is InChI=1S/C13H12ClNO4/c1-17-7-10-11(13(16)18-2)19-12(15-10)8-4-3-5-9(14)6-8/h3-6H,7H2,1-2H3. The van der Waals surface area contributed by atoms with Crippen LogP contribution in [0.1, 0.15) is 16.2 Å². The second-order valence-electron chi connectivity index (χ2n) is 3.73. The number of esters is 1. The van der Waals surface area contributed by atoms with Crippen molar-refractivity contribution in [1.82, 2.24) is 4.98 Å². The van der Waals surface area contributed by atoms with E-state index in [4.69, 9.17) is 20.8 Å². The van der Waals surface area contributed by atoms with E-state index in [0.717, 1.165) is 0 Å². The predicted molar refractivity (Wildman–Crippen MR) is 69.0 cm³/mol. The van der Waals surface area contributed by atoms with Gasteiger partial charge in [0.25, 0.3) is 0 Å². The second-order valence-corrected chi connectivity index (χ2v) is 4.17. The van der Waals surface area contributed by atoms with E-state index in [0.29, 0.717) is 22.2 Å². The zero-order valence-corrected chi connectivity index (χ0v) is 11.2. The van der Waals surface area contributed by atoms with Crippen molar-refractivity contribution in [1.29, 1.82) is 0 Å². The highest BCUT2D eigenvalue weighted by atomic mass is 35.5. The van der Waals surface area contributed by atoms with E-state index in [2.05, 4.69) is 9.72 Å². The minimum Gasteiger partial charge on any atom is -0.463 e. The van der Waals surface area contributed by atoms with Crippen LogP contribution in [0.15, 0.2) is 28.7 Å². The van der Waals surface area contributed by atoms with Crippen molar-refractivity contribution in [2.75, 3.05) is 14.2 Å². The first-order chi connectivity index (χ1) is 9.15. The molecule has 0 unspecified atom stereocenters. The van der Waals surface area contributed by atoms with Crippen molar-refractivity contribution in [3.05, 3.63) is 40.7 Å². The average molecular weight is 282 g/mol. The molecule has 0 saturated heterocycles. The number of nitrogens with zero attached hydrogens (tertiary/aromatic N) is 1. The van der Waals surface area contributed by atoms with Gasteiger partial charge in [-0.05, 0) is 18.2 Å². The van der Waals surface area contributed by atoms with Crippen LogP contribution in [-0.4, -0.2) is 25.2 Å². The van der Waals surface area contributed by atoms with Crippen molar-refractivity contribution in [2.45, 2.75) is 6.61 Å². The number of methoxy groups -OCH3 is 2. The number of hydrogen-bond donors (Lipinski definition) is 0. The van der Waals surface area contributed by atoms with E-state index in [1.165, 1.54) is 14.2 Å². The number of carbonyl (C=O) groups excluding carboxylic acids is 1. The Hall–Kier alpha value is -1.85. The molecule has 0 aliphatic rings. The summed E-state index contributed by atoms with van der Waals surface area (Å²) in [5.74, 6) is -0.248. The van der Waals surface area contributed by atoms with E-state index >= 15 is 0 Å². The molecule has 1 aromatic carbocycles. The van der Waals surface area contributed by atoms with Gasteiger partial charge >= 0.3 is 5.97 Å². The van der Waals surface area contributed by atoms with Crippen molar-refractivity contribution in [3.63, 3.8) is 0 Å². The molecule has 6 heteroatoms. The summed E-state index contributed by atoms with van der Waals surface area (Å²) >= 11 is 5.91. The molecule has 0 spiro atoms. The number of hydrogen-bond acceptors (Lipinski definition) is 5. The fourth-order valence-electron chi connectivity index (χ4n) is 1.58. The molecular formula is C13H12ClNO4. The number of rotatable bonds is 4. The minimum atomic E-state index is -0.590. The highest BCUT2D eigenvalue weighted by Gasteiger charge is 2.21. The zero-order chi connectivity index (χ0) is 13.8. The normalized spacial score (nSPS) is 10.5. The summed E-state index contributed by atoms with van der Waals surface area (Å²) in [5, 5.41) is 0.559. The molecule has 5 nitrogen and oxygen atoms in total. The maximum atomic E-state index is 11.6. The summed E-state index contributed by atoms with van der Waals surface area (Å²) in [4.78, 5) is 15.8. The first-order valence-corrected chi connectivity index (χ1v) is 5.86. The number of halogens is 1. The summed E-state index contributed by atoms with van der Waals surface area (Å²) in [7, 11) is 2.79. The zero-order valence-electron chi connectivity index (χ0n) is 10.5. The van der Waals surface area contributed by atoms with Crippen LogP contribution in [0.25, 0.3) is 11.5 Å². The summed E-state index contributed by atoms with van der Waals surface area (Å²) in [5.41, 5.74) is 1.07. The Labute approximate surface area is 115 Å². The summed E-state index contributed by atoms with van der Waals surface area (Å²) < 4.78 is 15.1. The molecule has 0 atom stereocenters. The maximum absolute atomic E-state index is 11.6. The molecule has 0 N–H and O–H groups in total. The molecule has 19 heavy (non-hydrogen) atoms. The summed E-state index contributed by atoms with van der Waals surface area (Å²) in [6.07, 6.45) is 0. The van der Waals surface area contributed by atoms with E-state index in [1.54, 1.807) is 24.3 Å². The van der Waals surface area contributed by atoms with Crippen LogP contribution in [0.4, 0.5) is 0 Å². The molecule has 1 aromatic heterocycles. The molecule has 2 rings (SSSR count). The third-order valence-corrected chi connectivity index (χ3v) is 2.66. The molecule has 100 valence electrons. The van der Waals surface area contributed by atoms with E-state index in [9.17, 15) is 4.79 Å². The number of ether oxygens (including phenoxy) is 2. The van der Waals surface area contributed by atoms with Gasteiger partial charge < -0.3 is 13.9 Å². The fourth-order valence-corrected chi connectivity index (χ4v) is 1.77. The van der Waals surface area contributed by atoms with Gasteiger partial charge in [-0.2, -0.15) is 0 Å². The van der Waals surface area contributed by atoms with Crippen LogP contribution in [0, 0.1) is 0 Å². The Bertz CT molecular complexity index is 594. The van der Waals surface area contributed by atoms with Crippen LogP contribution in [-0.2, 0) is 16.1 Å². The SMILES string of the molecule is COCc1nc(-c2cccc(Cl)c2)oc1C(=O)OC. The Kier molecular flexibility index (Phi) is 4.19. The molecule has 0 amide bonds. The van der Waals surface area contributed by atoms with Gasteiger partial charge in [-0.3, -0.25) is 0 Å². The fraction of sp³-hybridized carbons (Fsp3) is 0.231. The minimum absolute atomic E-state index is 0.0410. The molecule has 1 heterocycles. The molecule has 0 bridgehead atoms.